The molecule has 0 bridgehead atoms. The molecule has 8 heteroatoms. The minimum absolute atomic E-state index is 0.0414. The topological polar surface area (TPSA) is 81.2 Å². The van der Waals surface area contributed by atoms with E-state index in [0.29, 0.717) is 11.9 Å². The molecule has 1 aromatic carbocycles. The number of hydrogen-bond donors (Lipinski definition) is 2. The van der Waals surface area contributed by atoms with Gasteiger partial charge in [-0.05, 0) is 25.0 Å². The van der Waals surface area contributed by atoms with E-state index in [9.17, 15) is 4.39 Å². The molecule has 31 heavy (non-hydrogen) atoms. The van der Waals surface area contributed by atoms with E-state index in [1.165, 1.54) is 18.6 Å². The number of nitrogens with zero attached hydrogens (tertiary/aromatic N) is 3. The van der Waals surface area contributed by atoms with Crippen LogP contribution in [-0.4, -0.2) is 28.0 Å². The van der Waals surface area contributed by atoms with E-state index in [0.717, 1.165) is 32.1 Å². The van der Waals surface area contributed by atoms with Gasteiger partial charge in [-0.1, -0.05) is 79.4 Å². The minimum atomic E-state index is -0.531. The molecule has 0 aliphatic heterocycles. The van der Waals surface area contributed by atoms with Gasteiger partial charge in [0.25, 0.3) is 0 Å². The average molecular weight is 438 g/mol. The summed E-state index contributed by atoms with van der Waals surface area (Å²) in [6.07, 6.45) is 6.62. The summed E-state index contributed by atoms with van der Waals surface area (Å²) < 4.78 is 13.6. The SMILES string of the molecule is CC.CCC.CCCCC(CCC)Nc1nc(NC)nc(OOc2ccccc2F)n1. The number of nitrogens with one attached hydrogen (secondary N) is 2. The first-order valence-corrected chi connectivity index (χ1v) is 11.4. The van der Waals surface area contributed by atoms with Gasteiger partial charge in [-0.3, -0.25) is 4.89 Å². The number of hydrogen-bond acceptors (Lipinski definition) is 7. The lowest BCUT2D eigenvalue weighted by molar-refractivity contribution is -0.111. The van der Waals surface area contributed by atoms with Gasteiger partial charge >= 0.3 is 6.01 Å². The van der Waals surface area contributed by atoms with Crippen molar-refractivity contribution < 1.29 is 14.2 Å². The van der Waals surface area contributed by atoms with Crippen LogP contribution in [-0.2, 0) is 0 Å². The summed E-state index contributed by atoms with van der Waals surface area (Å²) in [6.45, 7) is 12.6. The molecule has 1 heterocycles. The molecular formula is C23H40FN5O2. The number of halogens is 1. The maximum Gasteiger partial charge on any atom is 0.373 e. The van der Waals surface area contributed by atoms with E-state index >= 15 is 0 Å². The fourth-order valence-corrected chi connectivity index (χ4v) is 2.43. The van der Waals surface area contributed by atoms with Gasteiger partial charge in [0.05, 0.1) is 0 Å². The summed E-state index contributed by atoms with van der Waals surface area (Å²) >= 11 is 0. The second-order valence-corrected chi connectivity index (χ2v) is 6.59. The van der Waals surface area contributed by atoms with Crippen LogP contribution in [0.1, 0.15) is 80.1 Å². The highest BCUT2D eigenvalue weighted by atomic mass is 19.1. The third kappa shape index (κ3) is 12.0. The standard InChI is InChI=1S/C18H26FN5O2.C3H8.C2H6/c1-4-6-10-13(9-5-2)21-17-22-16(20-3)23-18(24-17)26-25-15-12-8-7-11-14(15)19;1-3-2;1-2/h7-8,11-13H,4-6,9-10H2,1-3H3,(H2,20,21,22,23,24);3H2,1-2H3;1-2H3. The molecule has 0 radical (unpaired) electrons. The van der Waals surface area contributed by atoms with E-state index in [2.05, 4.69) is 53.3 Å². The van der Waals surface area contributed by atoms with Crippen molar-refractivity contribution in [3.05, 3.63) is 30.1 Å². The lowest BCUT2D eigenvalue weighted by Gasteiger charge is -2.18. The Kier molecular flexibility index (Phi) is 16.6. The Bertz CT molecular complexity index is 703. The summed E-state index contributed by atoms with van der Waals surface area (Å²) in [5.74, 6) is 0.156. The molecular weight excluding hydrogens is 397 g/mol. The van der Waals surface area contributed by atoms with E-state index < -0.39 is 5.82 Å². The molecule has 2 rings (SSSR count). The third-order valence-corrected chi connectivity index (χ3v) is 3.76. The second-order valence-electron chi connectivity index (χ2n) is 6.59. The number of rotatable bonds is 11. The smallest absolute Gasteiger partial charge is 0.357 e. The number of benzene rings is 1. The van der Waals surface area contributed by atoms with Crippen LogP contribution < -0.4 is 20.4 Å². The van der Waals surface area contributed by atoms with Crippen molar-refractivity contribution in [2.45, 2.75) is 86.1 Å². The highest BCUT2D eigenvalue weighted by Crippen LogP contribution is 2.19. The molecule has 2 N–H and O–H groups in total. The van der Waals surface area contributed by atoms with Crippen LogP contribution in [0.2, 0.25) is 0 Å². The Labute approximate surface area is 187 Å². The molecule has 7 nitrogen and oxygen atoms in total. The zero-order chi connectivity index (χ0) is 23.5. The van der Waals surface area contributed by atoms with Crippen molar-refractivity contribution in [2.75, 3.05) is 17.7 Å². The highest BCUT2D eigenvalue weighted by Gasteiger charge is 2.14. The van der Waals surface area contributed by atoms with Gasteiger partial charge in [0, 0.05) is 13.1 Å². The van der Waals surface area contributed by atoms with Crippen LogP contribution in [0, 0.1) is 5.82 Å². The quantitative estimate of drug-likeness (QED) is 0.301. The van der Waals surface area contributed by atoms with Gasteiger partial charge in [0.15, 0.2) is 5.82 Å². The lowest BCUT2D eigenvalue weighted by atomic mass is 10.1. The Hall–Kier alpha value is -2.64. The van der Waals surface area contributed by atoms with Crippen LogP contribution in [0.5, 0.6) is 11.8 Å². The summed E-state index contributed by atoms with van der Waals surface area (Å²) in [7, 11) is 1.70. The van der Waals surface area contributed by atoms with Crippen LogP contribution in [0.3, 0.4) is 0 Å². The molecule has 1 unspecified atom stereocenters. The first-order chi connectivity index (χ1) is 15.1. The zero-order valence-corrected chi connectivity index (χ0v) is 20.2. The van der Waals surface area contributed by atoms with Crippen LogP contribution in [0.4, 0.5) is 16.3 Å². The van der Waals surface area contributed by atoms with Crippen molar-refractivity contribution in [2.24, 2.45) is 0 Å². The number of unbranched alkanes of at least 4 members (excludes halogenated alkanes) is 1. The van der Waals surface area contributed by atoms with Crippen molar-refractivity contribution in [1.82, 2.24) is 15.0 Å². The Morgan fingerprint density at radius 3 is 2.13 bits per heavy atom. The van der Waals surface area contributed by atoms with Gasteiger partial charge in [0.1, 0.15) is 0 Å². The van der Waals surface area contributed by atoms with Crippen molar-refractivity contribution in [1.29, 1.82) is 0 Å². The van der Waals surface area contributed by atoms with Crippen molar-refractivity contribution in [3.63, 3.8) is 0 Å². The minimum Gasteiger partial charge on any atom is -0.357 e. The molecule has 176 valence electrons. The predicted molar refractivity (Wildman–Crippen MR) is 126 cm³/mol. The zero-order valence-electron chi connectivity index (χ0n) is 20.2. The first-order valence-electron chi connectivity index (χ1n) is 11.4. The summed E-state index contributed by atoms with van der Waals surface area (Å²) in [5, 5.41) is 6.18. The monoisotopic (exact) mass is 437 g/mol. The molecule has 1 aromatic heterocycles. The van der Waals surface area contributed by atoms with E-state index in [1.54, 1.807) is 19.2 Å². The molecule has 0 saturated carbocycles. The van der Waals surface area contributed by atoms with Gasteiger partial charge in [-0.15, -0.1) is 0 Å². The molecule has 0 fully saturated rings. The Morgan fingerprint density at radius 2 is 1.55 bits per heavy atom. The molecule has 0 saturated heterocycles. The van der Waals surface area contributed by atoms with Crippen LogP contribution in [0.25, 0.3) is 0 Å². The Balaban J connectivity index is 0.00000165. The third-order valence-electron chi connectivity index (χ3n) is 3.76. The number of para-hydroxylation sites is 1. The number of aromatic nitrogens is 3. The Morgan fingerprint density at radius 1 is 0.903 bits per heavy atom. The van der Waals surface area contributed by atoms with Gasteiger partial charge in [-0.2, -0.15) is 15.0 Å². The summed E-state index contributed by atoms with van der Waals surface area (Å²) in [6, 6.07) is 6.16. The van der Waals surface area contributed by atoms with Crippen LogP contribution >= 0.6 is 0 Å². The fourth-order valence-electron chi connectivity index (χ4n) is 2.43. The van der Waals surface area contributed by atoms with Crippen molar-refractivity contribution >= 4 is 11.9 Å². The molecule has 0 spiro atoms. The van der Waals surface area contributed by atoms with Gasteiger partial charge < -0.3 is 10.6 Å². The highest BCUT2D eigenvalue weighted by molar-refractivity contribution is 5.36. The lowest BCUT2D eigenvalue weighted by Crippen LogP contribution is -2.21. The van der Waals surface area contributed by atoms with Crippen molar-refractivity contribution in [3.8, 4) is 11.8 Å². The fraction of sp³-hybridized carbons (Fsp3) is 0.609. The predicted octanol–water partition coefficient (Wildman–Crippen LogP) is 6.64. The molecule has 1 atom stereocenters. The van der Waals surface area contributed by atoms with Gasteiger partial charge in [-0.25, -0.2) is 9.28 Å². The van der Waals surface area contributed by atoms with Gasteiger partial charge in [0.2, 0.25) is 17.6 Å². The summed E-state index contributed by atoms with van der Waals surface area (Å²) in [5.41, 5.74) is 0. The summed E-state index contributed by atoms with van der Waals surface area (Å²) in [4.78, 5) is 22.7. The molecule has 0 aliphatic carbocycles. The molecule has 0 aliphatic rings. The largest absolute Gasteiger partial charge is 0.373 e. The number of anilines is 2. The van der Waals surface area contributed by atoms with E-state index in [1.807, 2.05) is 13.8 Å². The first kappa shape index (κ1) is 28.4. The van der Waals surface area contributed by atoms with E-state index in [-0.39, 0.29) is 17.8 Å². The normalized spacial score (nSPS) is 10.6. The maximum absolute atomic E-state index is 13.6. The second kappa shape index (κ2) is 18.2. The maximum atomic E-state index is 13.6. The molecule has 2 aromatic rings. The average Bonchev–Trinajstić information content (AvgIpc) is 2.79. The van der Waals surface area contributed by atoms with Crippen LogP contribution in [0.15, 0.2) is 24.3 Å². The molecule has 0 amide bonds. The van der Waals surface area contributed by atoms with E-state index in [4.69, 9.17) is 9.78 Å².